The minimum atomic E-state index is 0.416. The molecule has 4 rings (SSSR count). The molecule has 1 saturated carbocycles. The van der Waals surface area contributed by atoms with E-state index < -0.39 is 0 Å². The maximum absolute atomic E-state index is 6.19. The van der Waals surface area contributed by atoms with Crippen molar-refractivity contribution in [3.8, 4) is 10.8 Å². The first-order valence-corrected chi connectivity index (χ1v) is 8.14. The third-order valence-corrected chi connectivity index (χ3v) is 5.56. The van der Waals surface area contributed by atoms with Crippen molar-refractivity contribution in [1.82, 2.24) is 9.88 Å². The molecule has 0 aromatic carbocycles. The smallest absolute Gasteiger partial charge is 0.162 e. The number of nitrogens with zero attached hydrogens (tertiary/aromatic N) is 2. The summed E-state index contributed by atoms with van der Waals surface area (Å²) >= 11 is 1.66. The molecule has 1 aliphatic carbocycles. The average Bonchev–Trinajstić information content (AvgIpc) is 3.17. The van der Waals surface area contributed by atoms with E-state index in [2.05, 4.69) is 15.3 Å². The molecule has 3 unspecified atom stereocenters. The second-order valence-electron chi connectivity index (χ2n) is 5.98. The van der Waals surface area contributed by atoms with Gasteiger partial charge in [0.1, 0.15) is 0 Å². The van der Waals surface area contributed by atoms with E-state index in [9.17, 15) is 0 Å². The number of thiazole rings is 1. The van der Waals surface area contributed by atoms with Crippen molar-refractivity contribution in [2.45, 2.75) is 25.4 Å². The normalized spacial score (nSPS) is 29.9. The molecule has 0 spiro atoms. The Labute approximate surface area is 122 Å². The minimum Gasteiger partial charge on any atom is -0.462 e. The first-order chi connectivity index (χ1) is 9.79. The SMILES string of the molecule is NC1CCC2CN(Cc3csc(-c4ccco4)n3)CC12. The maximum atomic E-state index is 6.19. The standard InChI is InChI=1S/C15H19N3OS/c16-13-4-3-10-6-18(8-12(10)13)7-11-9-20-15(17-11)14-2-1-5-19-14/h1-2,5,9-10,12-13H,3-4,6-8,16H2. The Hall–Kier alpha value is -1.17. The van der Waals surface area contributed by atoms with Gasteiger partial charge in [-0.15, -0.1) is 11.3 Å². The molecule has 0 amide bonds. The highest BCUT2D eigenvalue weighted by Crippen LogP contribution is 2.37. The number of aromatic nitrogens is 1. The highest BCUT2D eigenvalue weighted by atomic mass is 32.1. The second-order valence-corrected chi connectivity index (χ2v) is 6.84. The quantitative estimate of drug-likeness (QED) is 0.943. The van der Waals surface area contributed by atoms with E-state index in [1.54, 1.807) is 17.6 Å². The van der Waals surface area contributed by atoms with Crippen LogP contribution in [0.5, 0.6) is 0 Å². The van der Waals surface area contributed by atoms with Gasteiger partial charge in [-0.1, -0.05) is 0 Å². The van der Waals surface area contributed by atoms with Crippen molar-refractivity contribution in [2.75, 3.05) is 13.1 Å². The van der Waals surface area contributed by atoms with Crippen LogP contribution in [-0.4, -0.2) is 29.0 Å². The molecule has 1 aliphatic heterocycles. The Morgan fingerprint density at radius 1 is 1.40 bits per heavy atom. The van der Waals surface area contributed by atoms with Crippen LogP contribution in [0.1, 0.15) is 18.5 Å². The van der Waals surface area contributed by atoms with Gasteiger partial charge >= 0.3 is 0 Å². The van der Waals surface area contributed by atoms with Gasteiger partial charge in [-0.05, 0) is 36.8 Å². The topological polar surface area (TPSA) is 55.3 Å². The van der Waals surface area contributed by atoms with Crippen molar-refractivity contribution < 1.29 is 4.42 Å². The predicted molar refractivity (Wildman–Crippen MR) is 79.3 cm³/mol. The third kappa shape index (κ3) is 2.20. The van der Waals surface area contributed by atoms with E-state index in [-0.39, 0.29) is 0 Å². The van der Waals surface area contributed by atoms with Gasteiger partial charge in [-0.2, -0.15) is 0 Å². The molecule has 3 atom stereocenters. The lowest BCUT2D eigenvalue weighted by Crippen LogP contribution is -2.30. The van der Waals surface area contributed by atoms with E-state index >= 15 is 0 Å². The van der Waals surface area contributed by atoms with Gasteiger partial charge in [-0.3, -0.25) is 4.90 Å². The van der Waals surface area contributed by atoms with Gasteiger partial charge in [0, 0.05) is 31.1 Å². The Kier molecular flexibility index (Phi) is 3.13. The van der Waals surface area contributed by atoms with Crippen LogP contribution < -0.4 is 5.73 Å². The molecule has 0 bridgehead atoms. The first kappa shape index (κ1) is 12.6. The van der Waals surface area contributed by atoms with E-state index in [1.165, 1.54) is 19.4 Å². The largest absolute Gasteiger partial charge is 0.462 e. The number of furan rings is 1. The summed E-state index contributed by atoms with van der Waals surface area (Å²) in [7, 11) is 0. The van der Waals surface area contributed by atoms with Gasteiger partial charge in [0.05, 0.1) is 12.0 Å². The van der Waals surface area contributed by atoms with E-state index in [0.29, 0.717) is 12.0 Å². The zero-order valence-corrected chi connectivity index (χ0v) is 12.2. The molecule has 0 radical (unpaired) electrons. The van der Waals surface area contributed by atoms with Crippen molar-refractivity contribution >= 4 is 11.3 Å². The highest BCUT2D eigenvalue weighted by molar-refractivity contribution is 7.13. The molecular weight excluding hydrogens is 270 g/mol. The molecule has 2 aromatic heterocycles. The summed E-state index contributed by atoms with van der Waals surface area (Å²) < 4.78 is 5.40. The Balaban J connectivity index is 1.43. The number of fused-ring (bicyclic) bond motifs is 1. The number of rotatable bonds is 3. The average molecular weight is 289 g/mol. The van der Waals surface area contributed by atoms with Crippen molar-refractivity contribution in [3.63, 3.8) is 0 Å². The fraction of sp³-hybridized carbons (Fsp3) is 0.533. The number of hydrogen-bond acceptors (Lipinski definition) is 5. The molecule has 2 aromatic rings. The number of hydrogen-bond donors (Lipinski definition) is 1. The lowest BCUT2D eigenvalue weighted by molar-refractivity contribution is 0.295. The van der Waals surface area contributed by atoms with Gasteiger partial charge in [0.25, 0.3) is 0 Å². The lowest BCUT2D eigenvalue weighted by atomic mass is 9.98. The molecular formula is C15H19N3OS. The molecule has 106 valence electrons. The lowest BCUT2D eigenvalue weighted by Gasteiger charge is -2.16. The Morgan fingerprint density at radius 2 is 2.35 bits per heavy atom. The van der Waals surface area contributed by atoms with Crippen LogP contribution in [0.2, 0.25) is 0 Å². The van der Waals surface area contributed by atoms with Gasteiger partial charge < -0.3 is 10.2 Å². The van der Waals surface area contributed by atoms with Gasteiger partial charge in [0.2, 0.25) is 0 Å². The van der Waals surface area contributed by atoms with Crippen LogP contribution in [0.4, 0.5) is 0 Å². The Bertz CT molecular complexity index is 580. The molecule has 4 nitrogen and oxygen atoms in total. The fourth-order valence-electron chi connectivity index (χ4n) is 3.65. The van der Waals surface area contributed by atoms with E-state index in [4.69, 9.17) is 10.2 Å². The summed E-state index contributed by atoms with van der Waals surface area (Å²) in [5.74, 6) is 2.38. The van der Waals surface area contributed by atoms with E-state index in [0.717, 1.165) is 35.5 Å². The summed E-state index contributed by atoms with van der Waals surface area (Å²) in [5.41, 5.74) is 7.34. The summed E-state index contributed by atoms with van der Waals surface area (Å²) in [4.78, 5) is 7.19. The first-order valence-electron chi connectivity index (χ1n) is 7.26. The monoisotopic (exact) mass is 289 g/mol. The summed E-state index contributed by atoms with van der Waals surface area (Å²) in [6.07, 6.45) is 4.21. The molecule has 20 heavy (non-hydrogen) atoms. The number of nitrogens with two attached hydrogens (primary N) is 1. The summed E-state index contributed by atoms with van der Waals surface area (Å²) in [5, 5.41) is 3.12. The molecule has 2 aliphatic rings. The zero-order chi connectivity index (χ0) is 13.5. The molecule has 2 fully saturated rings. The summed E-state index contributed by atoms with van der Waals surface area (Å²) in [6.45, 7) is 3.27. The van der Waals surface area contributed by atoms with Crippen molar-refractivity contribution in [3.05, 3.63) is 29.5 Å². The molecule has 2 N–H and O–H groups in total. The van der Waals surface area contributed by atoms with Crippen LogP contribution >= 0.6 is 11.3 Å². The molecule has 5 heteroatoms. The number of likely N-dealkylation sites (tertiary alicyclic amines) is 1. The molecule has 3 heterocycles. The van der Waals surface area contributed by atoms with Gasteiger partial charge in [-0.25, -0.2) is 4.98 Å². The predicted octanol–water partition coefficient (Wildman–Crippen LogP) is 2.57. The van der Waals surface area contributed by atoms with Crippen LogP contribution in [0.25, 0.3) is 10.8 Å². The van der Waals surface area contributed by atoms with Crippen LogP contribution in [0.15, 0.2) is 28.2 Å². The third-order valence-electron chi connectivity index (χ3n) is 4.66. The minimum absolute atomic E-state index is 0.416. The highest BCUT2D eigenvalue weighted by Gasteiger charge is 2.40. The molecule has 1 saturated heterocycles. The van der Waals surface area contributed by atoms with Crippen LogP contribution in [0, 0.1) is 11.8 Å². The fourth-order valence-corrected chi connectivity index (χ4v) is 4.43. The summed E-state index contributed by atoms with van der Waals surface area (Å²) in [6, 6.07) is 4.28. The second kappa shape index (κ2) is 4.98. The van der Waals surface area contributed by atoms with Gasteiger partial charge in [0.15, 0.2) is 10.8 Å². The van der Waals surface area contributed by atoms with Crippen LogP contribution in [-0.2, 0) is 6.54 Å². The van der Waals surface area contributed by atoms with E-state index in [1.807, 2.05) is 12.1 Å². The van der Waals surface area contributed by atoms with Crippen LogP contribution in [0.3, 0.4) is 0 Å². The maximum Gasteiger partial charge on any atom is 0.162 e. The zero-order valence-electron chi connectivity index (χ0n) is 11.4. The van der Waals surface area contributed by atoms with Crippen molar-refractivity contribution in [2.24, 2.45) is 17.6 Å². The van der Waals surface area contributed by atoms with Crippen molar-refractivity contribution in [1.29, 1.82) is 0 Å². The Morgan fingerprint density at radius 3 is 3.15 bits per heavy atom.